The minimum absolute atomic E-state index is 0.324. The van der Waals surface area contributed by atoms with Gasteiger partial charge in [0.15, 0.2) is 15.8 Å². The van der Waals surface area contributed by atoms with Crippen LogP contribution in [0.25, 0.3) is 0 Å². The van der Waals surface area contributed by atoms with Crippen molar-refractivity contribution in [3.05, 3.63) is 64.7 Å². The number of nitrogens with one attached hydrogen (secondary N) is 2. The maximum atomic E-state index is 11.5. The molecule has 2 aromatic rings. The molecule has 0 spiro atoms. The summed E-state index contributed by atoms with van der Waals surface area (Å²) in [7, 11) is -3.17. The molecule has 0 aliphatic carbocycles. The minimum atomic E-state index is -3.17. The van der Waals surface area contributed by atoms with Gasteiger partial charge in [0, 0.05) is 19.3 Å². The molecule has 0 unspecified atom stereocenters. The highest BCUT2D eigenvalue weighted by molar-refractivity contribution is 7.90. The predicted octanol–water partition coefficient (Wildman–Crippen LogP) is 2.96. The summed E-state index contributed by atoms with van der Waals surface area (Å²) in [5.74, 6) is 0.736. The van der Waals surface area contributed by atoms with Gasteiger partial charge in [-0.2, -0.15) is 0 Å². The Hall–Kier alpha value is -2.34. The highest BCUT2D eigenvalue weighted by atomic mass is 32.2. The summed E-state index contributed by atoms with van der Waals surface area (Å²) in [6.07, 6.45) is 1.21. The molecule has 0 heterocycles. The van der Waals surface area contributed by atoms with Gasteiger partial charge in [-0.25, -0.2) is 13.4 Å². The number of aryl methyl sites for hydroxylation is 2. The van der Waals surface area contributed by atoms with Crippen molar-refractivity contribution in [2.24, 2.45) is 4.99 Å². The Balaban J connectivity index is 2.04. The molecule has 2 rings (SSSR count). The molecule has 0 aliphatic rings. The van der Waals surface area contributed by atoms with Gasteiger partial charge in [-0.3, -0.25) is 0 Å². The van der Waals surface area contributed by atoms with E-state index in [1.165, 1.54) is 22.9 Å². The van der Waals surface area contributed by atoms with Crippen LogP contribution in [0, 0.1) is 13.8 Å². The molecule has 0 bridgehead atoms. The molecular weight excluding hydrogens is 346 g/mol. The summed E-state index contributed by atoms with van der Waals surface area (Å²) in [4.78, 5) is 4.91. The van der Waals surface area contributed by atoms with Gasteiger partial charge in [-0.1, -0.05) is 35.9 Å². The molecule has 140 valence electrons. The van der Waals surface area contributed by atoms with Crippen LogP contribution in [0.15, 0.2) is 52.4 Å². The summed E-state index contributed by atoms with van der Waals surface area (Å²) in [5.41, 5.74) is 4.70. The molecule has 6 heteroatoms. The molecule has 0 aromatic heterocycles. The zero-order valence-electron chi connectivity index (χ0n) is 15.8. The van der Waals surface area contributed by atoms with Crippen molar-refractivity contribution >= 4 is 15.8 Å². The standard InChI is InChI=1S/C20H27N3O2S/c1-5-21-20(23-14-18-9-6-15(2)12-16(18)3)22-13-17-7-10-19(11-8-17)26(4,24)25/h6-12H,5,13-14H2,1-4H3,(H2,21,22,23). The lowest BCUT2D eigenvalue weighted by Crippen LogP contribution is -2.36. The third kappa shape index (κ3) is 5.88. The lowest BCUT2D eigenvalue weighted by Gasteiger charge is -2.13. The van der Waals surface area contributed by atoms with Gasteiger partial charge in [-0.15, -0.1) is 0 Å². The third-order valence-corrected chi connectivity index (χ3v) is 5.19. The Bertz CT molecular complexity index is 872. The van der Waals surface area contributed by atoms with Crippen molar-refractivity contribution in [3.63, 3.8) is 0 Å². The van der Waals surface area contributed by atoms with E-state index in [-0.39, 0.29) is 0 Å². The molecule has 0 saturated heterocycles. The van der Waals surface area contributed by atoms with Gasteiger partial charge >= 0.3 is 0 Å². The molecule has 2 aromatic carbocycles. The van der Waals surface area contributed by atoms with E-state index < -0.39 is 9.84 Å². The van der Waals surface area contributed by atoms with Crippen LogP contribution in [-0.4, -0.2) is 27.2 Å². The fourth-order valence-corrected chi connectivity index (χ4v) is 3.21. The fraction of sp³-hybridized carbons (Fsp3) is 0.350. The number of benzene rings is 2. The van der Waals surface area contributed by atoms with Crippen molar-refractivity contribution in [1.29, 1.82) is 0 Å². The largest absolute Gasteiger partial charge is 0.357 e. The van der Waals surface area contributed by atoms with Crippen LogP contribution in [0.5, 0.6) is 0 Å². The summed E-state index contributed by atoms with van der Waals surface area (Å²) in [6.45, 7) is 8.17. The van der Waals surface area contributed by atoms with E-state index in [0.29, 0.717) is 18.0 Å². The summed E-state index contributed by atoms with van der Waals surface area (Å²) in [5, 5.41) is 6.58. The van der Waals surface area contributed by atoms with Gasteiger partial charge in [0.25, 0.3) is 0 Å². The molecule has 0 saturated carbocycles. The van der Waals surface area contributed by atoms with Gasteiger partial charge < -0.3 is 10.6 Å². The predicted molar refractivity (Wildman–Crippen MR) is 107 cm³/mol. The van der Waals surface area contributed by atoms with E-state index in [1.807, 2.05) is 6.92 Å². The second-order valence-electron chi connectivity index (χ2n) is 6.39. The molecule has 0 fully saturated rings. The van der Waals surface area contributed by atoms with Crippen LogP contribution in [-0.2, 0) is 22.9 Å². The number of nitrogens with zero attached hydrogens (tertiary/aromatic N) is 1. The van der Waals surface area contributed by atoms with Crippen LogP contribution >= 0.6 is 0 Å². The number of hydrogen-bond acceptors (Lipinski definition) is 3. The average molecular weight is 374 g/mol. The number of sulfone groups is 1. The van der Waals surface area contributed by atoms with E-state index in [4.69, 9.17) is 0 Å². The highest BCUT2D eigenvalue weighted by Crippen LogP contribution is 2.12. The first kappa shape index (κ1) is 20.0. The van der Waals surface area contributed by atoms with Crippen molar-refractivity contribution in [1.82, 2.24) is 10.6 Å². The molecule has 0 amide bonds. The van der Waals surface area contributed by atoms with Crippen LogP contribution in [0.3, 0.4) is 0 Å². The molecule has 5 nitrogen and oxygen atoms in total. The Morgan fingerprint density at radius 3 is 2.31 bits per heavy atom. The lowest BCUT2D eigenvalue weighted by atomic mass is 10.1. The Morgan fingerprint density at radius 2 is 1.73 bits per heavy atom. The van der Waals surface area contributed by atoms with Gasteiger partial charge in [0.1, 0.15) is 0 Å². The van der Waals surface area contributed by atoms with Gasteiger partial charge in [-0.05, 0) is 49.6 Å². The molecule has 0 aliphatic heterocycles. The maximum absolute atomic E-state index is 11.5. The van der Waals surface area contributed by atoms with E-state index in [2.05, 4.69) is 47.7 Å². The van der Waals surface area contributed by atoms with Crippen molar-refractivity contribution < 1.29 is 8.42 Å². The summed E-state index contributed by atoms with van der Waals surface area (Å²) in [6, 6.07) is 13.3. The number of guanidine groups is 1. The zero-order valence-corrected chi connectivity index (χ0v) is 16.7. The van der Waals surface area contributed by atoms with Crippen molar-refractivity contribution in [3.8, 4) is 0 Å². The normalized spacial score (nSPS) is 12.1. The minimum Gasteiger partial charge on any atom is -0.357 e. The van der Waals surface area contributed by atoms with Crippen LogP contribution in [0.1, 0.15) is 29.2 Å². The zero-order chi connectivity index (χ0) is 19.2. The van der Waals surface area contributed by atoms with E-state index in [9.17, 15) is 8.42 Å². The highest BCUT2D eigenvalue weighted by Gasteiger charge is 2.06. The molecule has 26 heavy (non-hydrogen) atoms. The van der Waals surface area contributed by atoms with Crippen LogP contribution in [0.4, 0.5) is 0 Å². The molecule has 0 radical (unpaired) electrons. The quantitative estimate of drug-likeness (QED) is 0.603. The number of hydrogen-bond donors (Lipinski definition) is 2. The Kier molecular flexibility index (Phi) is 6.80. The molecule has 2 N–H and O–H groups in total. The first-order valence-corrected chi connectivity index (χ1v) is 10.6. The molecule has 0 atom stereocenters. The maximum Gasteiger partial charge on any atom is 0.191 e. The second-order valence-corrected chi connectivity index (χ2v) is 8.41. The SMILES string of the molecule is CCNC(=NCc1ccc(S(C)(=O)=O)cc1)NCc1ccc(C)cc1C. The summed E-state index contributed by atoms with van der Waals surface area (Å²) >= 11 is 0. The van der Waals surface area contributed by atoms with E-state index >= 15 is 0 Å². The van der Waals surface area contributed by atoms with Crippen LogP contribution in [0.2, 0.25) is 0 Å². The van der Waals surface area contributed by atoms with E-state index in [0.717, 1.165) is 18.1 Å². The topological polar surface area (TPSA) is 70.6 Å². The number of aliphatic imine (C=N–C) groups is 1. The first-order chi connectivity index (χ1) is 12.3. The second kappa shape index (κ2) is 8.85. The first-order valence-electron chi connectivity index (χ1n) is 8.67. The average Bonchev–Trinajstić information content (AvgIpc) is 2.58. The Labute approximate surface area is 156 Å². The molecular formula is C20H27N3O2S. The summed E-state index contributed by atoms with van der Waals surface area (Å²) < 4.78 is 23.0. The van der Waals surface area contributed by atoms with Crippen LogP contribution < -0.4 is 10.6 Å². The Morgan fingerprint density at radius 1 is 1.04 bits per heavy atom. The smallest absolute Gasteiger partial charge is 0.191 e. The number of rotatable bonds is 6. The van der Waals surface area contributed by atoms with Crippen molar-refractivity contribution in [2.75, 3.05) is 12.8 Å². The fourth-order valence-electron chi connectivity index (χ4n) is 2.58. The monoisotopic (exact) mass is 373 g/mol. The van der Waals surface area contributed by atoms with E-state index in [1.54, 1.807) is 24.3 Å². The van der Waals surface area contributed by atoms with Gasteiger partial charge in [0.05, 0.1) is 11.4 Å². The van der Waals surface area contributed by atoms with Gasteiger partial charge in [0.2, 0.25) is 0 Å². The van der Waals surface area contributed by atoms with Crippen molar-refractivity contribution in [2.45, 2.75) is 38.8 Å². The lowest BCUT2D eigenvalue weighted by molar-refractivity contribution is 0.602. The third-order valence-electron chi connectivity index (χ3n) is 4.06.